The Bertz CT molecular complexity index is 1450. The largest absolute Gasteiger partial charge is 3.00 e. The summed E-state index contributed by atoms with van der Waals surface area (Å²) in [5, 5.41) is 0. The van der Waals surface area contributed by atoms with Gasteiger partial charge in [-0.2, -0.15) is 41.5 Å². The molecule has 4 heteroatoms. The van der Waals surface area contributed by atoms with Gasteiger partial charge < -0.3 is 0 Å². The van der Waals surface area contributed by atoms with E-state index in [1.807, 2.05) is 91.4 Å². The van der Waals surface area contributed by atoms with Gasteiger partial charge in [0, 0.05) is 35.7 Å². The van der Waals surface area contributed by atoms with Gasteiger partial charge >= 0.3 is 20.1 Å². The maximum atomic E-state index is 4.43. The number of rotatable bonds is 4. The van der Waals surface area contributed by atoms with Crippen molar-refractivity contribution in [3.8, 4) is 44.9 Å². The fourth-order valence-corrected chi connectivity index (χ4v) is 4.74. The van der Waals surface area contributed by atoms with Crippen LogP contribution in [-0.4, -0.2) is 15.0 Å². The zero-order valence-electron chi connectivity index (χ0n) is 23.6. The number of aromatic nitrogens is 3. The zero-order chi connectivity index (χ0) is 27.9. The van der Waals surface area contributed by atoms with Crippen molar-refractivity contribution in [1.29, 1.82) is 0 Å². The summed E-state index contributed by atoms with van der Waals surface area (Å²) in [6.45, 7) is 8.40. The van der Waals surface area contributed by atoms with Crippen molar-refractivity contribution in [1.82, 2.24) is 15.0 Å². The number of hydrogen-bond acceptors (Lipinski definition) is 3. The number of aryl methyl sites for hydroxylation is 4. The SMILES string of the molecule is Cc1cc(C)c(-c2ccccn2)[c-]c1-c1[c-]cccc1.Cc1cc(C)c(-c2ccccn2)[c-]c1-c1ccccn1.[Ir+3]. The fraction of sp³-hybridized carbons (Fsp3) is 0.108. The first-order valence-corrected chi connectivity index (χ1v) is 13.3. The third-order valence-corrected chi connectivity index (χ3v) is 6.68. The molecule has 0 radical (unpaired) electrons. The van der Waals surface area contributed by atoms with Crippen LogP contribution in [0.25, 0.3) is 44.9 Å². The van der Waals surface area contributed by atoms with E-state index in [1.54, 1.807) is 0 Å². The third-order valence-electron chi connectivity index (χ3n) is 6.68. The normalized spacial score (nSPS) is 10.2. The molecule has 0 bridgehead atoms. The van der Waals surface area contributed by atoms with Gasteiger partial charge in [-0.1, -0.05) is 75.2 Å². The number of hydrogen-bond donors (Lipinski definition) is 0. The Labute approximate surface area is 256 Å². The van der Waals surface area contributed by atoms with Crippen molar-refractivity contribution in [3.05, 3.63) is 150 Å². The molecule has 0 saturated carbocycles. The molecule has 0 saturated heterocycles. The minimum absolute atomic E-state index is 0. The summed E-state index contributed by atoms with van der Waals surface area (Å²) in [5.41, 5.74) is 12.9. The van der Waals surface area contributed by atoms with Crippen LogP contribution in [0.15, 0.2) is 110 Å². The molecule has 6 rings (SSSR count). The van der Waals surface area contributed by atoms with Gasteiger partial charge in [0.1, 0.15) is 0 Å². The van der Waals surface area contributed by atoms with Crippen LogP contribution in [-0.2, 0) is 20.1 Å². The minimum Gasteiger partial charge on any atom is -0.295 e. The Balaban J connectivity index is 0.000000184. The summed E-state index contributed by atoms with van der Waals surface area (Å²) >= 11 is 0. The topological polar surface area (TPSA) is 38.7 Å². The van der Waals surface area contributed by atoms with Crippen LogP contribution < -0.4 is 0 Å². The molecule has 202 valence electrons. The molecular weight excluding hydrogens is 679 g/mol. The molecule has 41 heavy (non-hydrogen) atoms. The zero-order valence-corrected chi connectivity index (χ0v) is 26.0. The molecule has 0 atom stereocenters. The molecule has 0 aliphatic rings. The summed E-state index contributed by atoms with van der Waals surface area (Å²) in [7, 11) is 0. The molecule has 0 aliphatic carbocycles. The molecule has 0 spiro atoms. The van der Waals surface area contributed by atoms with Gasteiger partial charge in [0.15, 0.2) is 0 Å². The average Bonchev–Trinajstić information content (AvgIpc) is 2.99. The van der Waals surface area contributed by atoms with E-state index in [4.69, 9.17) is 0 Å². The molecule has 3 aromatic heterocycles. The maximum Gasteiger partial charge on any atom is 3.00 e. The van der Waals surface area contributed by atoms with Gasteiger partial charge in [0.25, 0.3) is 0 Å². The van der Waals surface area contributed by atoms with Gasteiger partial charge in [0.05, 0.1) is 0 Å². The van der Waals surface area contributed by atoms with Crippen LogP contribution in [0.1, 0.15) is 22.3 Å². The summed E-state index contributed by atoms with van der Waals surface area (Å²) in [5.74, 6) is 0. The molecule has 0 amide bonds. The van der Waals surface area contributed by atoms with E-state index in [9.17, 15) is 0 Å². The van der Waals surface area contributed by atoms with E-state index in [-0.39, 0.29) is 20.1 Å². The standard InChI is InChI=1S/C19H15N.C18H15N2.Ir/c1-14-12-15(2)18(19-10-6-7-11-20-19)13-17(14)16-8-4-3-5-9-16;1-13-11-14(2)16(18-8-4-6-10-20-18)12-15(13)17-7-3-5-9-19-17;/h3-8,10-12H,1-2H3;3-11H,1-2H3;/q-2;-1;+3. The predicted molar refractivity (Wildman–Crippen MR) is 163 cm³/mol. The maximum absolute atomic E-state index is 4.43. The van der Waals surface area contributed by atoms with E-state index >= 15 is 0 Å². The summed E-state index contributed by atoms with van der Waals surface area (Å²) < 4.78 is 0. The quantitative estimate of drug-likeness (QED) is 0.172. The van der Waals surface area contributed by atoms with Crippen molar-refractivity contribution in [3.63, 3.8) is 0 Å². The van der Waals surface area contributed by atoms with Crippen molar-refractivity contribution < 1.29 is 20.1 Å². The van der Waals surface area contributed by atoms with Gasteiger partial charge in [0.2, 0.25) is 0 Å². The van der Waals surface area contributed by atoms with Crippen molar-refractivity contribution in [2.45, 2.75) is 27.7 Å². The van der Waals surface area contributed by atoms with E-state index in [0.29, 0.717) is 0 Å². The van der Waals surface area contributed by atoms with Crippen molar-refractivity contribution in [2.75, 3.05) is 0 Å². The van der Waals surface area contributed by atoms with E-state index in [2.05, 4.69) is 79.0 Å². The Morgan fingerprint density at radius 3 is 1.22 bits per heavy atom. The van der Waals surface area contributed by atoms with Gasteiger partial charge in [-0.15, -0.1) is 46.5 Å². The minimum atomic E-state index is 0. The second kappa shape index (κ2) is 13.9. The van der Waals surface area contributed by atoms with Crippen molar-refractivity contribution in [2.24, 2.45) is 0 Å². The Morgan fingerprint density at radius 1 is 0.463 bits per heavy atom. The smallest absolute Gasteiger partial charge is 0.295 e. The molecule has 3 nitrogen and oxygen atoms in total. The van der Waals surface area contributed by atoms with Crippen LogP contribution in [0.2, 0.25) is 0 Å². The second-order valence-corrected chi connectivity index (χ2v) is 9.69. The number of nitrogens with zero attached hydrogens (tertiary/aromatic N) is 3. The first-order chi connectivity index (χ1) is 19.5. The Morgan fingerprint density at radius 2 is 0.854 bits per heavy atom. The fourth-order valence-electron chi connectivity index (χ4n) is 4.74. The van der Waals surface area contributed by atoms with Crippen LogP contribution in [0, 0.1) is 45.9 Å². The summed E-state index contributed by atoms with van der Waals surface area (Å²) in [6.07, 6.45) is 5.43. The van der Waals surface area contributed by atoms with Crippen molar-refractivity contribution >= 4 is 0 Å². The number of pyridine rings is 3. The first-order valence-electron chi connectivity index (χ1n) is 13.3. The van der Waals surface area contributed by atoms with E-state index in [1.165, 1.54) is 22.3 Å². The second-order valence-electron chi connectivity index (χ2n) is 9.69. The third kappa shape index (κ3) is 7.10. The van der Waals surface area contributed by atoms with Gasteiger partial charge in [-0.3, -0.25) is 15.0 Å². The number of benzene rings is 3. The molecule has 3 heterocycles. The molecule has 0 aliphatic heterocycles. The monoisotopic (exact) mass is 709 g/mol. The Kier molecular flexibility index (Phi) is 10.1. The first kappa shape index (κ1) is 29.7. The van der Waals surface area contributed by atoms with E-state index < -0.39 is 0 Å². The van der Waals surface area contributed by atoms with Gasteiger partial charge in [-0.05, 0) is 18.2 Å². The molecule has 0 fully saturated rings. The molecule has 0 unspecified atom stereocenters. The van der Waals surface area contributed by atoms with Crippen LogP contribution in [0.5, 0.6) is 0 Å². The van der Waals surface area contributed by atoms with Crippen LogP contribution in [0.4, 0.5) is 0 Å². The average molecular weight is 709 g/mol. The summed E-state index contributed by atoms with van der Waals surface area (Å²) in [4.78, 5) is 13.3. The molecule has 0 N–H and O–H groups in total. The summed E-state index contributed by atoms with van der Waals surface area (Å²) in [6, 6.07) is 40.5. The van der Waals surface area contributed by atoms with Crippen LogP contribution >= 0.6 is 0 Å². The van der Waals surface area contributed by atoms with E-state index in [0.717, 1.165) is 44.9 Å². The molecular formula is C37H30IrN3. The van der Waals surface area contributed by atoms with Gasteiger partial charge in [-0.25, -0.2) is 5.56 Å². The Hall–Kier alpha value is -4.24. The molecule has 3 aromatic carbocycles. The predicted octanol–water partition coefficient (Wildman–Crippen LogP) is 8.86. The molecule has 6 aromatic rings. The van der Waals surface area contributed by atoms with Crippen LogP contribution in [0.3, 0.4) is 0 Å².